The summed E-state index contributed by atoms with van der Waals surface area (Å²) in [7, 11) is 0. The Morgan fingerprint density at radius 3 is 3.12 bits per heavy atom. The number of nitrogens with zero attached hydrogens (tertiary/aromatic N) is 1. The summed E-state index contributed by atoms with van der Waals surface area (Å²) >= 11 is 5.11. The molecule has 1 unspecified atom stereocenters. The summed E-state index contributed by atoms with van der Waals surface area (Å²) in [6.07, 6.45) is 4.13. The van der Waals surface area contributed by atoms with E-state index in [1.807, 2.05) is 18.3 Å². The van der Waals surface area contributed by atoms with Crippen molar-refractivity contribution >= 4 is 27.3 Å². The molecule has 3 nitrogen and oxygen atoms in total. The zero-order valence-corrected chi connectivity index (χ0v) is 11.0. The quantitative estimate of drug-likeness (QED) is 0.921. The Morgan fingerprint density at radius 2 is 2.44 bits per heavy atom. The van der Waals surface area contributed by atoms with E-state index in [0.29, 0.717) is 6.04 Å². The van der Waals surface area contributed by atoms with Gasteiger partial charge in [0, 0.05) is 0 Å². The molecule has 0 saturated carbocycles. The lowest BCUT2D eigenvalue weighted by Crippen LogP contribution is -2.12. The first kappa shape index (κ1) is 10.5. The summed E-state index contributed by atoms with van der Waals surface area (Å²) in [6, 6.07) is 4.37. The third-order valence-electron chi connectivity index (χ3n) is 2.70. The SMILES string of the molecule is Brc1ccc(-c2cnc(C3CCCN3)o2)s1. The van der Waals surface area contributed by atoms with Gasteiger partial charge in [0.15, 0.2) is 5.76 Å². The fraction of sp³-hybridized carbons (Fsp3) is 0.364. The standard InChI is InChI=1S/C11H11BrN2OS/c12-10-4-3-9(16-10)8-6-14-11(15-8)7-2-1-5-13-7/h3-4,6-7,13H,1-2,5H2. The van der Waals surface area contributed by atoms with Crippen molar-refractivity contribution in [2.45, 2.75) is 18.9 Å². The van der Waals surface area contributed by atoms with Crippen LogP contribution in [0.5, 0.6) is 0 Å². The van der Waals surface area contributed by atoms with Gasteiger partial charge >= 0.3 is 0 Å². The van der Waals surface area contributed by atoms with E-state index in [1.165, 1.54) is 6.42 Å². The van der Waals surface area contributed by atoms with Gasteiger partial charge in [0.2, 0.25) is 5.89 Å². The summed E-state index contributed by atoms with van der Waals surface area (Å²) in [5, 5.41) is 3.38. The van der Waals surface area contributed by atoms with Crippen molar-refractivity contribution in [3.8, 4) is 10.6 Å². The summed E-state index contributed by atoms with van der Waals surface area (Å²) < 4.78 is 6.89. The first-order chi connectivity index (χ1) is 7.83. The Balaban J connectivity index is 1.87. The van der Waals surface area contributed by atoms with Crippen LogP contribution in [0.4, 0.5) is 0 Å². The van der Waals surface area contributed by atoms with Crippen LogP contribution < -0.4 is 5.32 Å². The number of rotatable bonds is 2. The first-order valence-corrected chi connectivity index (χ1v) is 6.89. The van der Waals surface area contributed by atoms with Gasteiger partial charge in [0.05, 0.1) is 20.9 Å². The molecule has 16 heavy (non-hydrogen) atoms. The molecule has 0 aliphatic carbocycles. The lowest BCUT2D eigenvalue weighted by Gasteiger charge is -2.03. The molecule has 1 atom stereocenters. The van der Waals surface area contributed by atoms with E-state index in [9.17, 15) is 0 Å². The van der Waals surface area contributed by atoms with Crippen molar-refractivity contribution in [2.75, 3.05) is 6.54 Å². The third kappa shape index (κ3) is 1.95. The van der Waals surface area contributed by atoms with E-state index in [-0.39, 0.29) is 0 Å². The highest BCUT2D eigenvalue weighted by Crippen LogP contribution is 2.33. The molecule has 0 aromatic carbocycles. The van der Waals surface area contributed by atoms with Gasteiger partial charge in [-0.1, -0.05) is 0 Å². The number of hydrogen-bond donors (Lipinski definition) is 1. The van der Waals surface area contributed by atoms with Gasteiger partial charge in [-0.2, -0.15) is 0 Å². The molecule has 0 spiro atoms. The Labute approximate surface area is 106 Å². The Hall–Kier alpha value is -0.650. The minimum absolute atomic E-state index is 0.303. The van der Waals surface area contributed by atoms with Crippen LogP contribution in [0.2, 0.25) is 0 Å². The molecule has 0 amide bonds. The van der Waals surface area contributed by atoms with Crippen molar-refractivity contribution in [1.82, 2.24) is 10.3 Å². The molecular weight excluding hydrogens is 288 g/mol. The molecule has 1 fully saturated rings. The zero-order chi connectivity index (χ0) is 11.0. The van der Waals surface area contributed by atoms with Crippen molar-refractivity contribution in [3.63, 3.8) is 0 Å². The van der Waals surface area contributed by atoms with Crippen LogP contribution in [0.1, 0.15) is 24.8 Å². The normalized spacial score (nSPS) is 20.4. The van der Waals surface area contributed by atoms with E-state index in [0.717, 1.165) is 33.3 Å². The van der Waals surface area contributed by atoms with Crippen molar-refractivity contribution in [2.24, 2.45) is 0 Å². The Morgan fingerprint density at radius 1 is 1.50 bits per heavy atom. The number of halogens is 1. The van der Waals surface area contributed by atoms with Crippen LogP contribution in [0.15, 0.2) is 26.5 Å². The Bertz CT molecular complexity index is 488. The van der Waals surface area contributed by atoms with Gasteiger partial charge in [-0.3, -0.25) is 0 Å². The molecule has 0 radical (unpaired) electrons. The van der Waals surface area contributed by atoms with Crippen molar-refractivity contribution < 1.29 is 4.42 Å². The molecule has 2 aromatic heterocycles. The van der Waals surface area contributed by atoms with E-state index in [4.69, 9.17) is 4.42 Å². The van der Waals surface area contributed by atoms with Gasteiger partial charge in [-0.05, 0) is 47.4 Å². The highest BCUT2D eigenvalue weighted by atomic mass is 79.9. The molecule has 3 heterocycles. The lowest BCUT2D eigenvalue weighted by molar-refractivity contribution is 0.438. The molecule has 1 N–H and O–H groups in total. The summed E-state index contributed by atoms with van der Waals surface area (Å²) in [4.78, 5) is 5.46. The molecular formula is C11H11BrN2OS. The largest absolute Gasteiger partial charge is 0.438 e. The minimum Gasteiger partial charge on any atom is -0.438 e. The molecule has 1 aliphatic heterocycles. The van der Waals surface area contributed by atoms with Crippen LogP contribution >= 0.6 is 27.3 Å². The number of oxazole rings is 1. The summed E-state index contributed by atoms with van der Waals surface area (Å²) in [5.41, 5.74) is 0. The number of thiophene rings is 1. The predicted molar refractivity (Wildman–Crippen MR) is 67.5 cm³/mol. The predicted octanol–water partition coefficient (Wildman–Crippen LogP) is 3.59. The van der Waals surface area contributed by atoms with Gasteiger partial charge in [0.25, 0.3) is 0 Å². The third-order valence-corrected chi connectivity index (χ3v) is 4.34. The van der Waals surface area contributed by atoms with Gasteiger partial charge in [-0.15, -0.1) is 11.3 Å². The Kier molecular flexibility index (Phi) is 2.83. The average molecular weight is 299 g/mol. The van der Waals surface area contributed by atoms with Crippen LogP contribution in [0.25, 0.3) is 10.6 Å². The number of hydrogen-bond acceptors (Lipinski definition) is 4. The van der Waals surface area contributed by atoms with Crippen LogP contribution in [-0.2, 0) is 0 Å². The summed E-state index contributed by atoms with van der Waals surface area (Å²) in [6.45, 7) is 1.06. The van der Waals surface area contributed by atoms with Gasteiger partial charge < -0.3 is 9.73 Å². The second kappa shape index (κ2) is 4.31. The van der Waals surface area contributed by atoms with E-state index in [1.54, 1.807) is 11.3 Å². The zero-order valence-electron chi connectivity index (χ0n) is 8.57. The minimum atomic E-state index is 0.303. The molecule has 5 heteroatoms. The van der Waals surface area contributed by atoms with E-state index in [2.05, 4.69) is 26.2 Å². The summed E-state index contributed by atoms with van der Waals surface area (Å²) in [5.74, 6) is 1.68. The van der Waals surface area contributed by atoms with E-state index < -0.39 is 0 Å². The smallest absolute Gasteiger partial charge is 0.212 e. The van der Waals surface area contributed by atoms with Crippen LogP contribution in [0.3, 0.4) is 0 Å². The maximum absolute atomic E-state index is 5.78. The lowest BCUT2D eigenvalue weighted by atomic mass is 10.2. The second-order valence-corrected chi connectivity index (χ2v) is 6.28. The average Bonchev–Trinajstić information content (AvgIpc) is 2.97. The fourth-order valence-corrected chi connectivity index (χ4v) is 3.24. The maximum atomic E-state index is 5.78. The molecule has 1 aliphatic rings. The second-order valence-electron chi connectivity index (χ2n) is 3.82. The topological polar surface area (TPSA) is 38.1 Å². The maximum Gasteiger partial charge on any atom is 0.212 e. The van der Waals surface area contributed by atoms with Crippen LogP contribution in [0, 0.1) is 0 Å². The molecule has 2 aromatic rings. The molecule has 0 bridgehead atoms. The van der Waals surface area contributed by atoms with Gasteiger partial charge in [0.1, 0.15) is 0 Å². The number of aromatic nitrogens is 1. The highest BCUT2D eigenvalue weighted by molar-refractivity contribution is 9.11. The van der Waals surface area contributed by atoms with E-state index >= 15 is 0 Å². The highest BCUT2D eigenvalue weighted by Gasteiger charge is 2.21. The van der Waals surface area contributed by atoms with Crippen LogP contribution in [-0.4, -0.2) is 11.5 Å². The molecule has 84 valence electrons. The first-order valence-electron chi connectivity index (χ1n) is 5.28. The van der Waals surface area contributed by atoms with Crippen molar-refractivity contribution in [1.29, 1.82) is 0 Å². The molecule has 3 rings (SSSR count). The number of nitrogens with one attached hydrogen (secondary N) is 1. The van der Waals surface area contributed by atoms with Gasteiger partial charge in [-0.25, -0.2) is 4.98 Å². The molecule has 1 saturated heterocycles. The fourth-order valence-electron chi connectivity index (χ4n) is 1.90. The van der Waals surface area contributed by atoms with Crippen molar-refractivity contribution in [3.05, 3.63) is 28.0 Å². The monoisotopic (exact) mass is 298 g/mol.